The van der Waals surface area contributed by atoms with Crippen LogP contribution in [0.15, 0.2) is 29.0 Å². The van der Waals surface area contributed by atoms with Crippen LogP contribution in [0.3, 0.4) is 0 Å². The van der Waals surface area contributed by atoms with E-state index in [1.807, 2.05) is 25.1 Å². The minimum atomic E-state index is 0.527. The summed E-state index contributed by atoms with van der Waals surface area (Å²) in [7, 11) is 0. The van der Waals surface area contributed by atoms with E-state index in [1.54, 1.807) is 0 Å². The molecule has 94 valence electrons. The number of nitrogens with two attached hydrogens (primary N) is 1. The highest BCUT2D eigenvalue weighted by molar-refractivity contribution is 14.1. The first-order valence-electron chi connectivity index (χ1n) is 5.43. The summed E-state index contributed by atoms with van der Waals surface area (Å²) < 4.78 is 2.21. The Morgan fingerprint density at radius 3 is 2.83 bits per heavy atom. The van der Waals surface area contributed by atoms with Gasteiger partial charge >= 0.3 is 0 Å². The zero-order valence-corrected chi connectivity index (χ0v) is 13.5. The average molecular weight is 419 g/mol. The van der Waals surface area contributed by atoms with E-state index in [2.05, 4.69) is 53.8 Å². The second kappa shape index (κ2) is 5.83. The molecule has 0 aliphatic carbocycles. The quantitative estimate of drug-likeness (QED) is 0.745. The number of benzene rings is 1. The van der Waals surface area contributed by atoms with Gasteiger partial charge in [-0.05, 0) is 63.1 Å². The van der Waals surface area contributed by atoms with Gasteiger partial charge in [0.1, 0.15) is 18.0 Å². The predicted octanol–water partition coefficient (Wildman–Crippen LogP) is 3.73. The third-order valence-electron chi connectivity index (χ3n) is 2.51. The molecule has 18 heavy (non-hydrogen) atoms. The van der Waals surface area contributed by atoms with E-state index < -0.39 is 0 Å². The van der Waals surface area contributed by atoms with Crippen molar-refractivity contribution in [2.75, 3.05) is 11.1 Å². The third kappa shape index (κ3) is 2.92. The number of hydrogen-bond donors (Lipinski definition) is 2. The van der Waals surface area contributed by atoms with Gasteiger partial charge in [0.05, 0.1) is 0 Å². The first kappa shape index (κ1) is 13.5. The van der Waals surface area contributed by atoms with Crippen LogP contribution >= 0.6 is 38.5 Å². The predicted molar refractivity (Wildman–Crippen MR) is 86.0 cm³/mol. The van der Waals surface area contributed by atoms with Crippen molar-refractivity contribution >= 4 is 55.8 Å². The van der Waals surface area contributed by atoms with Crippen molar-refractivity contribution in [1.82, 2.24) is 9.97 Å². The van der Waals surface area contributed by atoms with E-state index in [0.29, 0.717) is 5.82 Å². The molecule has 0 unspecified atom stereocenters. The lowest BCUT2D eigenvalue weighted by Gasteiger charge is -2.11. The van der Waals surface area contributed by atoms with Gasteiger partial charge < -0.3 is 11.1 Å². The van der Waals surface area contributed by atoms with Crippen LogP contribution in [-0.4, -0.2) is 9.97 Å². The summed E-state index contributed by atoms with van der Waals surface area (Å²) in [6.45, 7) is 2.03. The molecule has 2 rings (SSSR count). The highest BCUT2D eigenvalue weighted by atomic mass is 127. The van der Waals surface area contributed by atoms with Gasteiger partial charge in [-0.3, -0.25) is 0 Å². The summed E-state index contributed by atoms with van der Waals surface area (Å²) >= 11 is 5.78. The molecule has 0 fully saturated rings. The van der Waals surface area contributed by atoms with Crippen LogP contribution in [0.1, 0.15) is 12.5 Å². The zero-order valence-electron chi connectivity index (χ0n) is 9.74. The van der Waals surface area contributed by atoms with E-state index in [0.717, 1.165) is 31.5 Å². The summed E-state index contributed by atoms with van der Waals surface area (Å²) in [5, 5.41) is 3.27. The summed E-state index contributed by atoms with van der Waals surface area (Å²) in [5.74, 6) is 1.29. The van der Waals surface area contributed by atoms with E-state index in [4.69, 9.17) is 5.73 Å². The van der Waals surface area contributed by atoms with E-state index in [-0.39, 0.29) is 0 Å². The fourth-order valence-corrected chi connectivity index (χ4v) is 2.31. The molecule has 0 spiro atoms. The normalized spacial score (nSPS) is 10.4. The number of nitrogens with one attached hydrogen (secondary N) is 1. The molecule has 1 heterocycles. The summed E-state index contributed by atoms with van der Waals surface area (Å²) in [6, 6.07) is 6.05. The van der Waals surface area contributed by atoms with E-state index in [9.17, 15) is 0 Å². The highest BCUT2D eigenvalue weighted by Crippen LogP contribution is 2.26. The Balaban J connectivity index is 2.34. The molecule has 2 aromatic rings. The SMILES string of the molecule is CCc1c(N)ncnc1Nc1ccc(I)c(Br)c1. The Bertz CT molecular complexity index is 574. The van der Waals surface area contributed by atoms with Crippen LogP contribution in [0.2, 0.25) is 0 Å². The number of anilines is 3. The Kier molecular flexibility index (Phi) is 4.39. The molecule has 0 amide bonds. The monoisotopic (exact) mass is 418 g/mol. The fraction of sp³-hybridized carbons (Fsp3) is 0.167. The molecule has 1 aromatic heterocycles. The Hall–Kier alpha value is -0.890. The minimum absolute atomic E-state index is 0.527. The Labute approximate surface area is 128 Å². The topological polar surface area (TPSA) is 63.8 Å². The Morgan fingerprint density at radius 2 is 2.17 bits per heavy atom. The van der Waals surface area contributed by atoms with Crippen LogP contribution in [0.5, 0.6) is 0 Å². The van der Waals surface area contributed by atoms with Crippen molar-refractivity contribution < 1.29 is 0 Å². The van der Waals surface area contributed by atoms with E-state index in [1.165, 1.54) is 6.33 Å². The largest absolute Gasteiger partial charge is 0.383 e. The van der Waals surface area contributed by atoms with Crippen molar-refractivity contribution in [3.8, 4) is 0 Å². The number of aromatic nitrogens is 2. The molecule has 3 N–H and O–H groups in total. The third-order valence-corrected chi connectivity index (χ3v) is 4.85. The maximum atomic E-state index is 5.84. The highest BCUT2D eigenvalue weighted by Gasteiger charge is 2.08. The lowest BCUT2D eigenvalue weighted by molar-refractivity contribution is 1.06. The maximum absolute atomic E-state index is 5.84. The molecule has 4 nitrogen and oxygen atoms in total. The number of rotatable bonds is 3. The molecular formula is C12H12BrIN4. The lowest BCUT2D eigenvalue weighted by Crippen LogP contribution is -2.04. The molecule has 0 atom stereocenters. The summed E-state index contributed by atoms with van der Waals surface area (Å²) in [5.41, 5.74) is 7.74. The van der Waals surface area contributed by atoms with Gasteiger partial charge in [0.2, 0.25) is 0 Å². The van der Waals surface area contributed by atoms with Gasteiger partial charge in [0.25, 0.3) is 0 Å². The van der Waals surface area contributed by atoms with Crippen molar-refractivity contribution in [2.24, 2.45) is 0 Å². The van der Waals surface area contributed by atoms with Gasteiger partial charge in [-0.15, -0.1) is 0 Å². The molecule has 1 aromatic carbocycles. The first-order valence-corrected chi connectivity index (χ1v) is 7.30. The van der Waals surface area contributed by atoms with Gasteiger partial charge in [0, 0.05) is 19.3 Å². The van der Waals surface area contributed by atoms with Gasteiger partial charge in [-0.1, -0.05) is 6.92 Å². The summed E-state index contributed by atoms with van der Waals surface area (Å²) in [6.07, 6.45) is 2.26. The first-order chi connectivity index (χ1) is 8.61. The van der Waals surface area contributed by atoms with Crippen LogP contribution in [0, 0.1) is 3.57 Å². The van der Waals surface area contributed by atoms with E-state index >= 15 is 0 Å². The maximum Gasteiger partial charge on any atom is 0.139 e. The molecule has 0 aliphatic heterocycles. The molecule has 0 radical (unpaired) electrons. The average Bonchev–Trinajstić information content (AvgIpc) is 2.34. The summed E-state index contributed by atoms with van der Waals surface area (Å²) in [4.78, 5) is 8.24. The van der Waals surface area contributed by atoms with Gasteiger partial charge in [0.15, 0.2) is 0 Å². The smallest absolute Gasteiger partial charge is 0.139 e. The van der Waals surface area contributed by atoms with Crippen LogP contribution < -0.4 is 11.1 Å². The second-order valence-corrected chi connectivity index (χ2v) is 5.71. The molecule has 0 bridgehead atoms. The fourth-order valence-electron chi connectivity index (χ4n) is 1.59. The molecule has 6 heteroatoms. The molecular weight excluding hydrogens is 407 g/mol. The molecule has 0 saturated carbocycles. The Morgan fingerprint density at radius 1 is 1.39 bits per heavy atom. The van der Waals surface area contributed by atoms with Crippen molar-refractivity contribution in [1.29, 1.82) is 0 Å². The molecule has 0 aliphatic rings. The minimum Gasteiger partial charge on any atom is -0.383 e. The van der Waals surface area contributed by atoms with Gasteiger partial charge in [-0.25, -0.2) is 9.97 Å². The number of hydrogen-bond acceptors (Lipinski definition) is 4. The second-order valence-electron chi connectivity index (χ2n) is 3.69. The van der Waals surface area contributed by atoms with Crippen LogP contribution in [-0.2, 0) is 6.42 Å². The van der Waals surface area contributed by atoms with Crippen molar-refractivity contribution in [3.63, 3.8) is 0 Å². The van der Waals surface area contributed by atoms with Crippen LogP contribution in [0.25, 0.3) is 0 Å². The molecule has 0 saturated heterocycles. The zero-order chi connectivity index (χ0) is 13.1. The lowest BCUT2D eigenvalue weighted by atomic mass is 10.2. The van der Waals surface area contributed by atoms with Gasteiger partial charge in [-0.2, -0.15) is 0 Å². The number of halogens is 2. The van der Waals surface area contributed by atoms with Crippen molar-refractivity contribution in [2.45, 2.75) is 13.3 Å². The van der Waals surface area contributed by atoms with Crippen LogP contribution in [0.4, 0.5) is 17.3 Å². The van der Waals surface area contributed by atoms with Crippen molar-refractivity contribution in [3.05, 3.63) is 38.1 Å². The number of nitrogen functional groups attached to an aromatic ring is 1. The number of nitrogens with zero attached hydrogens (tertiary/aromatic N) is 2. The standard InChI is InChI=1S/C12H12BrIN4/c1-2-8-11(15)16-6-17-12(8)18-7-3-4-10(14)9(13)5-7/h3-6H,2H2,1H3,(H3,15,16,17,18).